The highest BCUT2D eigenvalue weighted by Crippen LogP contribution is 2.20. The van der Waals surface area contributed by atoms with E-state index >= 15 is 0 Å². The van der Waals surface area contributed by atoms with Crippen LogP contribution in [0.4, 0.5) is 0 Å². The Morgan fingerprint density at radius 3 is 2.61 bits per heavy atom. The summed E-state index contributed by atoms with van der Waals surface area (Å²) in [6.07, 6.45) is 4.82. The maximum absolute atomic E-state index is 11.7. The Bertz CT molecular complexity index is 607. The number of hydrogen-bond acceptors (Lipinski definition) is 5. The Kier molecular flexibility index (Phi) is 5.91. The van der Waals surface area contributed by atoms with Crippen molar-refractivity contribution in [1.29, 1.82) is 0 Å². The lowest BCUT2D eigenvalue weighted by molar-refractivity contribution is -0.193. The summed E-state index contributed by atoms with van der Waals surface area (Å²) in [4.78, 5) is 39.3. The summed E-state index contributed by atoms with van der Waals surface area (Å²) in [6.45, 7) is 2.68. The van der Waals surface area contributed by atoms with Gasteiger partial charge in [-0.1, -0.05) is 31.5 Å². The maximum atomic E-state index is 11.7. The number of unbranched alkanes of at least 4 members (excludes halogenated alkanes) is 1. The summed E-state index contributed by atoms with van der Waals surface area (Å²) in [5, 5.41) is 0.524. The first-order chi connectivity index (χ1) is 11.1. The van der Waals surface area contributed by atoms with Crippen LogP contribution in [0, 0.1) is 0 Å². The van der Waals surface area contributed by atoms with Gasteiger partial charge in [-0.25, -0.2) is 4.79 Å². The fraction of sp³-hybridized carbons (Fsp3) is 0.353. The van der Waals surface area contributed by atoms with E-state index < -0.39 is 17.8 Å². The number of ether oxygens (including phenoxy) is 1. The smallest absolute Gasteiger partial charge is 0.356 e. The molecule has 0 aromatic heterocycles. The Morgan fingerprint density at radius 2 is 1.91 bits per heavy atom. The van der Waals surface area contributed by atoms with Gasteiger partial charge in [0, 0.05) is 24.5 Å². The molecule has 1 fully saturated rings. The molecule has 0 N–H and O–H groups in total. The van der Waals surface area contributed by atoms with Crippen molar-refractivity contribution in [3.63, 3.8) is 0 Å². The first-order valence-corrected chi connectivity index (χ1v) is 7.59. The zero-order chi connectivity index (χ0) is 16.7. The van der Waals surface area contributed by atoms with Crippen LogP contribution in [0.3, 0.4) is 0 Å². The highest BCUT2D eigenvalue weighted by Gasteiger charge is 2.32. The number of carbonyl (C=O) groups is 3. The Labute approximate surface area is 134 Å². The zero-order valence-electron chi connectivity index (χ0n) is 13.0. The van der Waals surface area contributed by atoms with Crippen LogP contribution < -0.4 is 4.74 Å². The number of para-hydroxylation sites is 1. The van der Waals surface area contributed by atoms with Crippen molar-refractivity contribution in [2.24, 2.45) is 0 Å². The van der Waals surface area contributed by atoms with E-state index in [1.54, 1.807) is 6.07 Å². The number of nitrogens with zero attached hydrogens (tertiary/aromatic N) is 1. The van der Waals surface area contributed by atoms with Crippen LogP contribution in [-0.2, 0) is 19.2 Å². The van der Waals surface area contributed by atoms with E-state index in [4.69, 9.17) is 9.57 Å². The van der Waals surface area contributed by atoms with Gasteiger partial charge in [-0.15, -0.1) is 5.06 Å². The molecule has 1 saturated heterocycles. The van der Waals surface area contributed by atoms with E-state index in [1.807, 2.05) is 18.2 Å². The molecule has 1 heterocycles. The first kappa shape index (κ1) is 16.7. The summed E-state index contributed by atoms with van der Waals surface area (Å²) < 4.78 is 5.66. The Balaban J connectivity index is 1.98. The minimum atomic E-state index is -0.781. The van der Waals surface area contributed by atoms with Gasteiger partial charge in [-0.2, -0.15) is 0 Å². The third-order valence-corrected chi connectivity index (χ3v) is 3.26. The van der Waals surface area contributed by atoms with Crippen LogP contribution in [0.5, 0.6) is 5.75 Å². The van der Waals surface area contributed by atoms with Crippen molar-refractivity contribution in [1.82, 2.24) is 5.06 Å². The first-order valence-electron chi connectivity index (χ1n) is 7.59. The summed E-state index contributed by atoms with van der Waals surface area (Å²) >= 11 is 0. The lowest BCUT2D eigenvalue weighted by Crippen LogP contribution is -2.31. The van der Waals surface area contributed by atoms with Crippen LogP contribution in [0.1, 0.15) is 38.2 Å². The average Bonchev–Trinajstić information content (AvgIpc) is 2.86. The molecule has 2 amide bonds. The van der Waals surface area contributed by atoms with E-state index in [0.717, 1.165) is 18.4 Å². The SMILES string of the molecule is CCCCOc1ccccc1/C=C/C(=O)ON1C(=O)CCC1=O. The second-order valence-corrected chi connectivity index (χ2v) is 5.07. The third-order valence-electron chi connectivity index (χ3n) is 3.26. The van der Waals surface area contributed by atoms with Crippen molar-refractivity contribution in [3.05, 3.63) is 35.9 Å². The van der Waals surface area contributed by atoms with Gasteiger partial charge in [0.25, 0.3) is 11.8 Å². The third kappa shape index (κ3) is 4.67. The van der Waals surface area contributed by atoms with Crippen LogP contribution in [0.2, 0.25) is 0 Å². The Morgan fingerprint density at radius 1 is 1.22 bits per heavy atom. The van der Waals surface area contributed by atoms with E-state index in [-0.39, 0.29) is 12.8 Å². The molecule has 122 valence electrons. The molecule has 0 aliphatic carbocycles. The van der Waals surface area contributed by atoms with Gasteiger partial charge < -0.3 is 9.57 Å². The second-order valence-electron chi connectivity index (χ2n) is 5.07. The molecule has 1 aliphatic heterocycles. The fourth-order valence-electron chi connectivity index (χ4n) is 2.01. The van der Waals surface area contributed by atoms with Crippen LogP contribution in [-0.4, -0.2) is 29.5 Å². The molecule has 6 nitrogen and oxygen atoms in total. The highest BCUT2D eigenvalue weighted by atomic mass is 16.7. The number of amides is 2. The second kappa shape index (κ2) is 8.12. The van der Waals surface area contributed by atoms with Crippen molar-refractivity contribution in [2.45, 2.75) is 32.6 Å². The van der Waals surface area contributed by atoms with Crippen molar-refractivity contribution >= 4 is 23.9 Å². The van der Waals surface area contributed by atoms with E-state index in [9.17, 15) is 14.4 Å². The van der Waals surface area contributed by atoms with E-state index in [0.29, 0.717) is 17.4 Å². The molecule has 0 spiro atoms. The molecule has 2 rings (SSSR count). The molecule has 0 unspecified atom stereocenters. The normalized spacial score (nSPS) is 14.6. The molecule has 1 aromatic carbocycles. The predicted octanol–water partition coefficient (Wildman–Crippen LogP) is 2.49. The molecular weight excluding hydrogens is 298 g/mol. The van der Waals surface area contributed by atoms with Gasteiger partial charge >= 0.3 is 5.97 Å². The molecule has 0 bridgehead atoms. The van der Waals surface area contributed by atoms with E-state index in [1.165, 1.54) is 12.2 Å². The van der Waals surface area contributed by atoms with Gasteiger partial charge in [-0.05, 0) is 18.6 Å². The quantitative estimate of drug-likeness (QED) is 0.439. The van der Waals surface area contributed by atoms with Crippen LogP contribution in [0.25, 0.3) is 6.08 Å². The highest BCUT2D eigenvalue weighted by molar-refractivity contribution is 6.02. The number of imide groups is 1. The van der Waals surface area contributed by atoms with Gasteiger partial charge in [-0.3, -0.25) is 9.59 Å². The average molecular weight is 317 g/mol. The minimum absolute atomic E-state index is 0.0733. The molecule has 1 aliphatic rings. The minimum Gasteiger partial charge on any atom is -0.493 e. The topological polar surface area (TPSA) is 72.9 Å². The van der Waals surface area contributed by atoms with Gasteiger partial charge in [0.15, 0.2) is 0 Å². The van der Waals surface area contributed by atoms with Crippen molar-refractivity contribution in [3.8, 4) is 5.75 Å². The van der Waals surface area contributed by atoms with Crippen LogP contribution >= 0.6 is 0 Å². The Hall–Kier alpha value is -2.63. The lowest BCUT2D eigenvalue weighted by atomic mass is 10.2. The molecule has 0 saturated carbocycles. The summed E-state index contributed by atoms with van der Waals surface area (Å²) in [5.41, 5.74) is 0.722. The standard InChI is InChI=1S/C17H19NO5/c1-2-3-12-22-14-7-5-4-6-13(14)8-11-17(21)23-18-15(19)9-10-16(18)20/h4-8,11H,2-3,9-10,12H2,1H3/b11-8+. The number of hydroxylamine groups is 2. The monoisotopic (exact) mass is 317 g/mol. The maximum Gasteiger partial charge on any atom is 0.356 e. The molecule has 0 atom stereocenters. The van der Waals surface area contributed by atoms with Gasteiger partial charge in [0.1, 0.15) is 5.75 Å². The zero-order valence-corrected chi connectivity index (χ0v) is 13.0. The molecule has 23 heavy (non-hydrogen) atoms. The van der Waals surface area contributed by atoms with Crippen LogP contribution in [0.15, 0.2) is 30.3 Å². The number of rotatable bonds is 7. The molecule has 6 heteroatoms. The van der Waals surface area contributed by atoms with E-state index in [2.05, 4.69) is 6.92 Å². The summed E-state index contributed by atoms with van der Waals surface area (Å²) in [6, 6.07) is 7.29. The number of carbonyl (C=O) groups excluding carboxylic acids is 3. The molecular formula is C17H19NO5. The molecule has 1 aromatic rings. The van der Waals surface area contributed by atoms with Gasteiger partial charge in [0.2, 0.25) is 0 Å². The largest absolute Gasteiger partial charge is 0.493 e. The lowest BCUT2D eigenvalue weighted by Gasteiger charge is -2.11. The summed E-state index contributed by atoms with van der Waals surface area (Å²) in [7, 11) is 0. The van der Waals surface area contributed by atoms with Crippen molar-refractivity contribution < 1.29 is 24.0 Å². The number of hydrogen-bond donors (Lipinski definition) is 0. The number of benzene rings is 1. The van der Waals surface area contributed by atoms with Gasteiger partial charge in [0.05, 0.1) is 6.61 Å². The van der Waals surface area contributed by atoms with Crippen molar-refractivity contribution in [2.75, 3.05) is 6.61 Å². The fourth-order valence-corrected chi connectivity index (χ4v) is 2.01. The summed E-state index contributed by atoms with van der Waals surface area (Å²) in [5.74, 6) is -1.12. The molecule has 0 radical (unpaired) electrons. The predicted molar refractivity (Wildman–Crippen MR) is 83.1 cm³/mol.